The highest BCUT2D eigenvalue weighted by Gasteiger charge is 2.25. The van der Waals surface area contributed by atoms with E-state index in [1.165, 1.54) is 6.07 Å². The van der Waals surface area contributed by atoms with E-state index in [1.807, 2.05) is 13.8 Å². The van der Waals surface area contributed by atoms with Crippen LogP contribution in [0.25, 0.3) is 0 Å². The Morgan fingerprint density at radius 2 is 1.96 bits per heavy atom. The van der Waals surface area contributed by atoms with E-state index < -0.39 is 11.5 Å². The predicted octanol–water partition coefficient (Wildman–Crippen LogP) is 2.79. The molecule has 1 amide bonds. The first-order valence-corrected chi connectivity index (χ1v) is 8.31. The molecule has 1 aromatic carbocycles. The highest BCUT2D eigenvalue weighted by atomic mass is 16.5. The van der Waals surface area contributed by atoms with Gasteiger partial charge in [-0.3, -0.25) is 14.4 Å². The van der Waals surface area contributed by atoms with E-state index >= 15 is 0 Å². The molecule has 6 heteroatoms. The average Bonchev–Trinajstić information content (AvgIpc) is 2.56. The van der Waals surface area contributed by atoms with Crippen LogP contribution in [-0.2, 0) is 6.42 Å². The second kappa shape index (κ2) is 6.93. The molecule has 0 saturated carbocycles. The molecule has 0 spiro atoms. The van der Waals surface area contributed by atoms with E-state index in [2.05, 4.69) is 10.3 Å². The van der Waals surface area contributed by atoms with Gasteiger partial charge in [-0.25, -0.2) is 0 Å². The summed E-state index contributed by atoms with van der Waals surface area (Å²) in [5.74, 6) is 0.311. The fourth-order valence-electron chi connectivity index (χ4n) is 2.99. The minimum absolute atomic E-state index is 0.0416. The Morgan fingerprint density at radius 1 is 1.24 bits per heavy atom. The van der Waals surface area contributed by atoms with Crippen LogP contribution in [0.15, 0.2) is 35.1 Å². The van der Waals surface area contributed by atoms with Crippen molar-refractivity contribution in [2.45, 2.75) is 26.7 Å². The number of hydrogen-bond acceptors (Lipinski definition) is 4. The molecule has 1 aliphatic carbocycles. The van der Waals surface area contributed by atoms with Crippen molar-refractivity contribution in [1.29, 1.82) is 0 Å². The van der Waals surface area contributed by atoms with Gasteiger partial charge in [-0.2, -0.15) is 0 Å². The third-order valence-corrected chi connectivity index (χ3v) is 4.18. The van der Waals surface area contributed by atoms with Crippen LogP contribution in [0.1, 0.15) is 46.7 Å². The summed E-state index contributed by atoms with van der Waals surface area (Å²) in [6, 6.07) is 8.28. The molecule has 0 aliphatic heterocycles. The Balaban J connectivity index is 1.84. The Bertz CT molecular complexity index is 868. The molecule has 1 aromatic heterocycles. The first kappa shape index (κ1) is 17.0. The van der Waals surface area contributed by atoms with Crippen LogP contribution in [0.4, 0.5) is 5.69 Å². The van der Waals surface area contributed by atoms with Crippen LogP contribution in [0, 0.1) is 5.92 Å². The zero-order valence-electron chi connectivity index (χ0n) is 14.2. The van der Waals surface area contributed by atoms with Crippen LogP contribution in [0.3, 0.4) is 0 Å². The first-order valence-electron chi connectivity index (χ1n) is 8.31. The number of rotatable bonds is 4. The van der Waals surface area contributed by atoms with Crippen molar-refractivity contribution >= 4 is 17.4 Å². The highest BCUT2D eigenvalue weighted by molar-refractivity contribution is 6.06. The standard InChI is InChI=1S/C19H20N2O4/c1-3-25-13-6-4-12(5-7-13)20-18(23)15-10-14-16(21-19(15)24)8-11(2)9-17(14)22/h4-7,10-11H,3,8-9H2,1-2H3,(H,20,23)(H,21,24)/t11-/m0/s1. The Hall–Kier alpha value is -2.89. The summed E-state index contributed by atoms with van der Waals surface area (Å²) < 4.78 is 5.35. The molecule has 1 atom stereocenters. The van der Waals surface area contributed by atoms with E-state index in [1.54, 1.807) is 24.3 Å². The van der Waals surface area contributed by atoms with Gasteiger partial charge in [-0.05, 0) is 49.6 Å². The number of benzene rings is 1. The van der Waals surface area contributed by atoms with Gasteiger partial charge in [0.25, 0.3) is 11.5 Å². The number of carbonyl (C=O) groups excluding carboxylic acids is 2. The maximum atomic E-state index is 12.4. The van der Waals surface area contributed by atoms with E-state index in [4.69, 9.17) is 4.74 Å². The summed E-state index contributed by atoms with van der Waals surface area (Å²) >= 11 is 0. The third kappa shape index (κ3) is 3.63. The molecule has 0 fully saturated rings. The monoisotopic (exact) mass is 340 g/mol. The van der Waals surface area contributed by atoms with Gasteiger partial charge in [-0.1, -0.05) is 6.92 Å². The van der Waals surface area contributed by atoms with Gasteiger partial charge >= 0.3 is 0 Å². The minimum atomic E-state index is -0.542. The summed E-state index contributed by atoms with van der Waals surface area (Å²) in [6.07, 6.45) is 1.07. The van der Waals surface area contributed by atoms with Gasteiger partial charge in [0.15, 0.2) is 5.78 Å². The number of nitrogens with one attached hydrogen (secondary N) is 2. The molecule has 0 radical (unpaired) electrons. The van der Waals surface area contributed by atoms with E-state index in [-0.39, 0.29) is 17.3 Å². The fraction of sp³-hybridized carbons (Fsp3) is 0.316. The lowest BCUT2D eigenvalue weighted by atomic mass is 9.86. The normalized spacial score (nSPS) is 16.2. The zero-order chi connectivity index (χ0) is 18.0. The molecule has 0 unspecified atom stereocenters. The smallest absolute Gasteiger partial charge is 0.261 e. The van der Waals surface area contributed by atoms with Crippen LogP contribution in [-0.4, -0.2) is 23.3 Å². The predicted molar refractivity (Wildman–Crippen MR) is 94.4 cm³/mol. The Kier molecular flexibility index (Phi) is 4.70. The minimum Gasteiger partial charge on any atom is -0.494 e. The van der Waals surface area contributed by atoms with Crippen molar-refractivity contribution in [3.63, 3.8) is 0 Å². The molecule has 3 rings (SSSR count). The summed E-state index contributed by atoms with van der Waals surface area (Å²) in [5, 5.41) is 2.67. The van der Waals surface area contributed by atoms with Gasteiger partial charge in [-0.15, -0.1) is 0 Å². The lowest BCUT2D eigenvalue weighted by Gasteiger charge is -2.20. The molecule has 2 aromatic rings. The number of hydrogen-bond donors (Lipinski definition) is 2. The number of Topliss-reactive ketones (excluding diaryl/α,β-unsaturated/α-hetero) is 1. The molecule has 6 nitrogen and oxygen atoms in total. The molecular formula is C19H20N2O4. The molecular weight excluding hydrogens is 320 g/mol. The van der Waals surface area contributed by atoms with Crippen molar-refractivity contribution < 1.29 is 14.3 Å². The Morgan fingerprint density at radius 3 is 2.64 bits per heavy atom. The lowest BCUT2D eigenvalue weighted by Crippen LogP contribution is -2.29. The van der Waals surface area contributed by atoms with Gasteiger partial charge in [0, 0.05) is 23.4 Å². The van der Waals surface area contributed by atoms with E-state index in [9.17, 15) is 14.4 Å². The van der Waals surface area contributed by atoms with Crippen molar-refractivity contribution in [2.24, 2.45) is 5.92 Å². The molecule has 1 heterocycles. The SMILES string of the molecule is CCOc1ccc(NC(=O)c2cc3c([nH]c2=O)C[C@H](C)CC3=O)cc1. The van der Waals surface area contributed by atoms with Crippen molar-refractivity contribution in [1.82, 2.24) is 4.98 Å². The number of ketones is 1. The highest BCUT2D eigenvalue weighted by Crippen LogP contribution is 2.23. The van der Waals surface area contributed by atoms with Gasteiger partial charge < -0.3 is 15.0 Å². The maximum absolute atomic E-state index is 12.4. The number of fused-ring (bicyclic) bond motifs is 1. The zero-order valence-corrected chi connectivity index (χ0v) is 14.2. The van der Waals surface area contributed by atoms with Gasteiger partial charge in [0.05, 0.1) is 6.61 Å². The Labute approximate surface area is 145 Å². The van der Waals surface area contributed by atoms with Crippen molar-refractivity contribution in [3.8, 4) is 5.75 Å². The number of pyridine rings is 1. The topological polar surface area (TPSA) is 88.3 Å². The quantitative estimate of drug-likeness (QED) is 0.896. The van der Waals surface area contributed by atoms with Crippen molar-refractivity contribution in [3.05, 3.63) is 57.5 Å². The number of aromatic amines is 1. The lowest BCUT2D eigenvalue weighted by molar-refractivity contribution is 0.0952. The number of ether oxygens (including phenoxy) is 1. The number of carbonyl (C=O) groups is 2. The maximum Gasteiger partial charge on any atom is 0.261 e. The van der Waals surface area contributed by atoms with E-state index in [0.29, 0.717) is 42.1 Å². The fourth-order valence-corrected chi connectivity index (χ4v) is 2.99. The van der Waals surface area contributed by atoms with Crippen LogP contribution >= 0.6 is 0 Å². The first-order chi connectivity index (χ1) is 12.0. The second-order valence-corrected chi connectivity index (χ2v) is 6.25. The van der Waals surface area contributed by atoms with Crippen LogP contribution < -0.4 is 15.6 Å². The summed E-state index contributed by atoms with van der Waals surface area (Å²) in [7, 11) is 0. The molecule has 0 saturated heterocycles. The molecule has 25 heavy (non-hydrogen) atoms. The van der Waals surface area contributed by atoms with Crippen LogP contribution in [0.2, 0.25) is 0 Å². The number of H-pyrrole nitrogens is 1. The van der Waals surface area contributed by atoms with Gasteiger partial charge in [0.1, 0.15) is 11.3 Å². The molecule has 0 bridgehead atoms. The third-order valence-electron chi connectivity index (χ3n) is 4.18. The van der Waals surface area contributed by atoms with E-state index in [0.717, 1.165) is 0 Å². The van der Waals surface area contributed by atoms with Crippen LogP contribution in [0.5, 0.6) is 5.75 Å². The second-order valence-electron chi connectivity index (χ2n) is 6.25. The molecule has 1 aliphatic rings. The summed E-state index contributed by atoms with van der Waals surface area (Å²) in [4.78, 5) is 39.5. The molecule has 2 N–H and O–H groups in total. The summed E-state index contributed by atoms with van der Waals surface area (Å²) in [5.41, 5.74) is 1.06. The van der Waals surface area contributed by atoms with Gasteiger partial charge in [0.2, 0.25) is 0 Å². The number of aromatic nitrogens is 1. The molecule has 130 valence electrons. The summed E-state index contributed by atoms with van der Waals surface area (Å²) in [6.45, 7) is 4.41. The largest absolute Gasteiger partial charge is 0.494 e. The number of anilines is 1. The van der Waals surface area contributed by atoms with Crippen molar-refractivity contribution in [2.75, 3.05) is 11.9 Å². The average molecular weight is 340 g/mol. The number of amides is 1.